The number of hydrogen-bond acceptors (Lipinski definition) is 4. The van der Waals surface area contributed by atoms with Crippen LogP contribution in [0.4, 0.5) is 13.2 Å². The fourth-order valence-corrected chi connectivity index (χ4v) is 4.82. The summed E-state index contributed by atoms with van der Waals surface area (Å²) in [4.78, 5) is -0.424. The van der Waals surface area contributed by atoms with Crippen LogP contribution in [-0.4, -0.2) is 37.9 Å². The Labute approximate surface area is 138 Å². The Morgan fingerprint density at radius 1 is 1.21 bits per heavy atom. The van der Waals surface area contributed by atoms with Gasteiger partial charge in [-0.1, -0.05) is 0 Å². The Morgan fingerprint density at radius 3 is 2.58 bits per heavy atom. The zero-order chi connectivity index (χ0) is 17.5. The van der Waals surface area contributed by atoms with E-state index in [2.05, 4.69) is 5.32 Å². The van der Waals surface area contributed by atoms with Gasteiger partial charge in [-0.2, -0.15) is 22.7 Å². The van der Waals surface area contributed by atoms with E-state index in [0.717, 1.165) is 25.0 Å². The predicted molar refractivity (Wildman–Crippen MR) is 79.5 cm³/mol. The largest absolute Gasteiger partial charge is 0.417 e. The molecule has 2 bridgehead atoms. The fourth-order valence-electron chi connectivity index (χ4n) is 3.29. The van der Waals surface area contributed by atoms with Gasteiger partial charge in [0.25, 0.3) is 0 Å². The van der Waals surface area contributed by atoms with Gasteiger partial charge in [0.15, 0.2) is 0 Å². The lowest BCUT2D eigenvalue weighted by molar-refractivity contribution is -0.137. The van der Waals surface area contributed by atoms with Gasteiger partial charge in [0, 0.05) is 25.2 Å². The van der Waals surface area contributed by atoms with E-state index in [4.69, 9.17) is 5.26 Å². The number of alkyl halides is 3. The van der Waals surface area contributed by atoms with Gasteiger partial charge in [-0.3, -0.25) is 0 Å². The Hall–Kier alpha value is -1.63. The van der Waals surface area contributed by atoms with Gasteiger partial charge >= 0.3 is 6.18 Å². The molecular weight excluding hydrogens is 343 g/mol. The average molecular weight is 359 g/mol. The number of hydrogen-bond donors (Lipinski definition) is 1. The van der Waals surface area contributed by atoms with E-state index in [1.165, 1.54) is 10.4 Å². The van der Waals surface area contributed by atoms with E-state index in [0.29, 0.717) is 12.5 Å². The van der Waals surface area contributed by atoms with Gasteiger partial charge in [-0.15, -0.1) is 0 Å². The van der Waals surface area contributed by atoms with Crippen LogP contribution >= 0.6 is 0 Å². The molecule has 0 aromatic heterocycles. The van der Waals surface area contributed by atoms with Crippen LogP contribution in [0.15, 0.2) is 23.1 Å². The van der Waals surface area contributed by atoms with Crippen LogP contribution in [0.2, 0.25) is 0 Å². The van der Waals surface area contributed by atoms with Gasteiger partial charge in [0.05, 0.1) is 22.1 Å². The van der Waals surface area contributed by atoms with Crippen molar-refractivity contribution in [1.82, 2.24) is 9.62 Å². The Bertz CT molecular complexity index is 786. The quantitative estimate of drug-likeness (QED) is 0.878. The number of fused-ring (bicyclic) bond motifs is 2. The Kier molecular flexibility index (Phi) is 4.32. The molecule has 0 amide bonds. The number of sulfonamides is 1. The number of nitrogens with one attached hydrogen (secondary N) is 1. The van der Waals surface area contributed by atoms with Crippen LogP contribution in [-0.2, 0) is 16.2 Å². The number of halogens is 3. The molecule has 9 heteroatoms. The van der Waals surface area contributed by atoms with E-state index >= 15 is 0 Å². The summed E-state index contributed by atoms with van der Waals surface area (Å²) in [5.74, 6) is 0. The highest BCUT2D eigenvalue weighted by Gasteiger charge is 2.38. The molecule has 0 radical (unpaired) electrons. The summed E-state index contributed by atoms with van der Waals surface area (Å²) in [5.41, 5.74) is -1.81. The molecule has 1 aromatic carbocycles. The summed E-state index contributed by atoms with van der Waals surface area (Å²) in [5, 5.41) is 12.1. The molecule has 0 saturated carbocycles. The Morgan fingerprint density at radius 2 is 1.92 bits per heavy atom. The molecule has 2 aliphatic rings. The summed E-state index contributed by atoms with van der Waals surface area (Å²) in [7, 11) is -4.03. The second kappa shape index (κ2) is 6.02. The lowest BCUT2D eigenvalue weighted by Crippen LogP contribution is -2.39. The molecule has 2 unspecified atom stereocenters. The van der Waals surface area contributed by atoms with Crippen molar-refractivity contribution in [2.45, 2.75) is 42.4 Å². The van der Waals surface area contributed by atoms with Crippen LogP contribution < -0.4 is 5.32 Å². The SMILES string of the molecule is N#Cc1ccc(S(=O)(=O)N2CCC3CCC(C2)N3)cc1C(F)(F)F. The Balaban J connectivity index is 1.97. The normalized spacial score (nSPS) is 25.2. The number of rotatable bonds is 2. The van der Waals surface area contributed by atoms with E-state index in [1.807, 2.05) is 0 Å². The van der Waals surface area contributed by atoms with E-state index < -0.39 is 32.2 Å². The first kappa shape index (κ1) is 17.2. The van der Waals surface area contributed by atoms with Crippen molar-refractivity contribution in [1.29, 1.82) is 5.26 Å². The second-order valence-corrected chi connectivity index (χ2v) is 8.04. The molecule has 0 aliphatic carbocycles. The van der Waals surface area contributed by atoms with Crippen LogP contribution in [0.3, 0.4) is 0 Å². The standard InChI is InChI=1S/C15H16F3N3O2S/c16-15(17,18)14-7-13(4-1-10(14)8-19)24(22,23)21-6-5-11-2-3-12(9-21)20-11/h1,4,7,11-12,20H,2-3,5-6,9H2. The molecule has 3 rings (SSSR count). The molecular formula is C15H16F3N3O2S. The maximum atomic E-state index is 13.1. The number of nitriles is 1. The molecule has 24 heavy (non-hydrogen) atoms. The molecule has 2 fully saturated rings. The summed E-state index contributed by atoms with van der Waals surface area (Å²) < 4.78 is 65.9. The lowest BCUT2D eigenvalue weighted by atomic mass is 10.1. The smallest absolute Gasteiger partial charge is 0.310 e. The molecule has 2 saturated heterocycles. The van der Waals surface area contributed by atoms with Gasteiger partial charge in [-0.05, 0) is 37.5 Å². The van der Waals surface area contributed by atoms with Crippen molar-refractivity contribution < 1.29 is 21.6 Å². The third-order valence-electron chi connectivity index (χ3n) is 4.54. The molecule has 2 aliphatic heterocycles. The van der Waals surface area contributed by atoms with Gasteiger partial charge in [0.2, 0.25) is 10.0 Å². The number of benzene rings is 1. The second-order valence-electron chi connectivity index (χ2n) is 6.11. The molecule has 1 N–H and O–H groups in total. The summed E-state index contributed by atoms with van der Waals surface area (Å²) in [6.07, 6.45) is -2.29. The van der Waals surface area contributed by atoms with Crippen molar-refractivity contribution in [3.8, 4) is 6.07 Å². The predicted octanol–water partition coefficient (Wildman–Crippen LogP) is 2.09. The van der Waals surface area contributed by atoms with E-state index in [-0.39, 0.29) is 25.2 Å². The zero-order valence-corrected chi connectivity index (χ0v) is 13.5. The maximum absolute atomic E-state index is 13.1. The summed E-state index contributed by atoms with van der Waals surface area (Å²) in [6.45, 7) is 0.526. The maximum Gasteiger partial charge on any atom is 0.417 e. The van der Waals surface area contributed by atoms with Gasteiger partial charge in [-0.25, -0.2) is 8.42 Å². The fraction of sp³-hybridized carbons (Fsp3) is 0.533. The first-order chi connectivity index (χ1) is 11.2. The van der Waals surface area contributed by atoms with Crippen molar-refractivity contribution >= 4 is 10.0 Å². The highest BCUT2D eigenvalue weighted by molar-refractivity contribution is 7.89. The summed E-state index contributed by atoms with van der Waals surface area (Å²) >= 11 is 0. The molecule has 2 heterocycles. The van der Waals surface area contributed by atoms with Crippen LogP contribution in [0, 0.1) is 11.3 Å². The molecule has 130 valence electrons. The van der Waals surface area contributed by atoms with Crippen LogP contribution in [0.5, 0.6) is 0 Å². The van der Waals surface area contributed by atoms with Crippen molar-refractivity contribution in [2.24, 2.45) is 0 Å². The topological polar surface area (TPSA) is 73.2 Å². The first-order valence-corrected chi connectivity index (χ1v) is 9.03. The van der Waals surface area contributed by atoms with Crippen LogP contribution in [0.1, 0.15) is 30.4 Å². The highest BCUT2D eigenvalue weighted by Crippen LogP contribution is 2.34. The number of nitrogens with zero attached hydrogens (tertiary/aromatic N) is 2. The molecule has 1 aromatic rings. The highest BCUT2D eigenvalue weighted by atomic mass is 32.2. The van der Waals surface area contributed by atoms with E-state index in [1.54, 1.807) is 0 Å². The van der Waals surface area contributed by atoms with Crippen LogP contribution in [0.25, 0.3) is 0 Å². The molecule has 5 nitrogen and oxygen atoms in total. The third kappa shape index (κ3) is 3.14. The minimum Gasteiger partial charge on any atom is -0.310 e. The van der Waals surface area contributed by atoms with Crippen molar-refractivity contribution in [2.75, 3.05) is 13.1 Å². The average Bonchev–Trinajstić information content (AvgIpc) is 2.84. The minimum atomic E-state index is -4.78. The van der Waals surface area contributed by atoms with Gasteiger partial charge in [0.1, 0.15) is 0 Å². The minimum absolute atomic E-state index is 0.0349. The lowest BCUT2D eigenvalue weighted by Gasteiger charge is -2.24. The van der Waals surface area contributed by atoms with E-state index in [9.17, 15) is 21.6 Å². The monoisotopic (exact) mass is 359 g/mol. The molecule has 0 spiro atoms. The van der Waals surface area contributed by atoms with Gasteiger partial charge < -0.3 is 5.32 Å². The van der Waals surface area contributed by atoms with Crippen molar-refractivity contribution in [3.05, 3.63) is 29.3 Å². The van der Waals surface area contributed by atoms with Crippen molar-refractivity contribution in [3.63, 3.8) is 0 Å². The first-order valence-electron chi connectivity index (χ1n) is 7.59. The summed E-state index contributed by atoms with van der Waals surface area (Å²) in [6, 6.07) is 4.30. The molecule has 2 atom stereocenters. The zero-order valence-electron chi connectivity index (χ0n) is 12.7. The third-order valence-corrected chi connectivity index (χ3v) is 6.40.